The molecule has 4 nitrogen and oxygen atoms in total. The number of rotatable bonds is 4. The molecule has 24 heavy (non-hydrogen) atoms. The molecule has 2 aromatic carbocycles. The maximum Gasteiger partial charge on any atom is 0.240 e. The minimum Gasteiger partial charge on any atom is -0.325 e. The molecule has 3 rings (SSSR count). The monoisotopic (exact) mass is 366 g/mol. The summed E-state index contributed by atoms with van der Waals surface area (Å²) < 4.78 is 12.9. The summed E-state index contributed by atoms with van der Waals surface area (Å²) in [7, 11) is 0. The predicted molar refractivity (Wildman–Crippen MR) is 91.8 cm³/mol. The first kappa shape index (κ1) is 16.7. The third-order valence-corrected chi connectivity index (χ3v) is 4.74. The SMILES string of the molecule is O=C(Nc1ccc(F)cc1)C1(C(=O)Nc2cccc(Cl)c2Cl)CC1. The van der Waals surface area contributed by atoms with E-state index in [2.05, 4.69) is 10.6 Å². The van der Waals surface area contributed by atoms with Gasteiger partial charge in [-0.05, 0) is 49.2 Å². The minimum atomic E-state index is -1.14. The van der Waals surface area contributed by atoms with Crippen LogP contribution in [0.4, 0.5) is 15.8 Å². The normalized spacial score (nSPS) is 14.8. The van der Waals surface area contributed by atoms with E-state index in [0.29, 0.717) is 29.2 Å². The topological polar surface area (TPSA) is 58.2 Å². The molecule has 0 unspecified atom stereocenters. The van der Waals surface area contributed by atoms with Gasteiger partial charge in [0.1, 0.15) is 11.2 Å². The Morgan fingerprint density at radius 1 is 0.958 bits per heavy atom. The lowest BCUT2D eigenvalue weighted by atomic mass is 10.0. The molecule has 0 atom stereocenters. The highest BCUT2D eigenvalue weighted by Crippen LogP contribution is 2.48. The van der Waals surface area contributed by atoms with Crippen molar-refractivity contribution in [3.63, 3.8) is 0 Å². The van der Waals surface area contributed by atoms with Crippen molar-refractivity contribution in [2.24, 2.45) is 5.41 Å². The van der Waals surface area contributed by atoms with Crippen LogP contribution in [0.3, 0.4) is 0 Å². The number of nitrogens with one attached hydrogen (secondary N) is 2. The average Bonchev–Trinajstić information content (AvgIpc) is 3.36. The molecule has 0 spiro atoms. The van der Waals surface area contributed by atoms with Gasteiger partial charge in [0, 0.05) is 5.69 Å². The van der Waals surface area contributed by atoms with Gasteiger partial charge in [-0.25, -0.2) is 4.39 Å². The van der Waals surface area contributed by atoms with Crippen molar-refractivity contribution in [3.05, 3.63) is 58.3 Å². The zero-order valence-corrected chi connectivity index (χ0v) is 13.9. The van der Waals surface area contributed by atoms with Gasteiger partial charge in [-0.2, -0.15) is 0 Å². The van der Waals surface area contributed by atoms with Gasteiger partial charge in [0.2, 0.25) is 11.8 Å². The Balaban J connectivity index is 1.73. The van der Waals surface area contributed by atoms with Crippen LogP contribution in [0.5, 0.6) is 0 Å². The number of halogens is 3. The average molecular weight is 367 g/mol. The number of hydrogen-bond acceptors (Lipinski definition) is 2. The molecule has 2 aromatic rings. The highest BCUT2D eigenvalue weighted by atomic mass is 35.5. The number of carbonyl (C=O) groups excluding carboxylic acids is 2. The molecule has 1 saturated carbocycles. The molecule has 2 amide bonds. The quantitative estimate of drug-likeness (QED) is 0.783. The lowest BCUT2D eigenvalue weighted by molar-refractivity contribution is -0.131. The van der Waals surface area contributed by atoms with Crippen LogP contribution in [-0.2, 0) is 9.59 Å². The van der Waals surface area contributed by atoms with Crippen molar-refractivity contribution in [2.45, 2.75) is 12.8 Å². The van der Waals surface area contributed by atoms with E-state index >= 15 is 0 Å². The molecule has 0 bridgehead atoms. The van der Waals surface area contributed by atoms with E-state index in [9.17, 15) is 14.0 Å². The van der Waals surface area contributed by atoms with Gasteiger partial charge in [0.05, 0.1) is 15.7 Å². The molecular weight excluding hydrogens is 354 g/mol. The Kier molecular flexibility index (Phi) is 4.47. The number of anilines is 2. The van der Waals surface area contributed by atoms with Crippen LogP contribution in [0.2, 0.25) is 10.0 Å². The largest absolute Gasteiger partial charge is 0.325 e. The molecule has 1 aliphatic carbocycles. The maximum absolute atomic E-state index is 12.9. The standard InChI is InChI=1S/C17H13Cl2FN2O2/c18-12-2-1-3-13(14(12)19)22-16(24)17(8-9-17)15(23)21-11-6-4-10(20)5-7-11/h1-7H,8-9H2,(H,21,23)(H,22,24). The Morgan fingerprint density at radius 3 is 2.21 bits per heavy atom. The first-order valence-electron chi connectivity index (χ1n) is 7.25. The Labute approximate surface area is 148 Å². The Bertz CT molecular complexity index is 805. The van der Waals surface area contributed by atoms with Gasteiger partial charge >= 0.3 is 0 Å². The molecule has 1 aliphatic rings. The third kappa shape index (κ3) is 3.23. The van der Waals surface area contributed by atoms with Crippen molar-refractivity contribution in [3.8, 4) is 0 Å². The molecular formula is C17H13Cl2FN2O2. The van der Waals surface area contributed by atoms with Crippen molar-refractivity contribution >= 4 is 46.4 Å². The Morgan fingerprint density at radius 2 is 1.58 bits per heavy atom. The van der Waals surface area contributed by atoms with E-state index in [1.165, 1.54) is 24.3 Å². The Hall–Kier alpha value is -2.11. The molecule has 2 N–H and O–H groups in total. The zero-order valence-electron chi connectivity index (χ0n) is 12.4. The summed E-state index contributed by atoms with van der Waals surface area (Å²) in [6, 6.07) is 10.2. The second-order valence-corrected chi connectivity index (χ2v) is 6.38. The van der Waals surface area contributed by atoms with E-state index in [1.807, 2.05) is 0 Å². The molecule has 0 radical (unpaired) electrons. The van der Waals surface area contributed by atoms with Crippen molar-refractivity contribution in [2.75, 3.05) is 10.6 Å². The van der Waals surface area contributed by atoms with E-state index in [1.54, 1.807) is 18.2 Å². The number of carbonyl (C=O) groups is 2. The van der Waals surface area contributed by atoms with Crippen molar-refractivity contribution in [1.82, 2.24) is 0 Å². The molecule has 1 fully saturated rings. The van der Waals surface area contributed by atoms with E-state index in [0.717, 1.165) is 0 Å². The van der Waals surface area contributed by atoms with E-state index in [-0.39, 0.29) is 5.02 Å². The van der Waals surface area contributed by atoms with E-state index < -0.39 is 23.0 Å². The van der Waals surface area contributed by atoms with Crippen LogP contribution in [0, 0.1) is 11.2 Å². The van der Waals surface area contributed by atoms with Gasteiger partial charge in [-0.1, -0.05) is 29.3 Å². The number of benzene rings is 2. The summed E-state index contributed by atoms with van der Waals surface area (Å²) >= 11 is 12.0. The van der Waals surface area contributed by atoms with Crippen LogP contribution >= 0.6 is 23.2 Å². The van der Waals surface area contributed by atoms with Gasteiger partial charge in [-0.3, -0.25) is 9.59 Å². The second kappa shape index (κ2) is 6.42. The number of hydrogen-bond donors (Lipinski definition) is 2. The summed E-state index contributed by atoms with van der Waals surface area (Å²) in [6.45, 7) is 0. The van der Waals surface area contributed by atoms with Crippen molar-refractivity contribution in [1.29, 1.82) is 0 Å². The highest BCUT2D eigenvalue weighted by molar-refractivity contribution is 6.44. The lowest BCUT2D eigenvalue weighted by Gasteiger charge is -2.16. The smallest absolute Gasteiger partial charge is 0.240 e. The van der Waals surface area contributed by atoms with Gasteiger partial charge in [0.25, 0.3) is 0 Å². The summed E-state index contributed by atoms with van der Waals surface area (Å²) in [5.74, 6) is -1.27. The van der Waals surface area contributed by atoms with Crippen LogP contribution in [-0.4, -0.2) is 11.8 Å². The highest BCUT2D eigenvalue weighted by Gasteiger charge is 2.56. The van der Waals surface area contributed by atoms with Gasteiger partial charge in [0.15, 0.2) is 0 Å². The molecule has 0 aliphatic heterocycles. The summed E-state index contributed by atoms with van der Waals surface area (Å²) in [6.07, 6.45) is 0.869. The number of amides is 2. The van der Waals surface area contributed by atoms with Gasteiger partial charge < -0.3 is 10.6 Å². The van der Waals surface area contributed by atoms with Crippen molar-refractivity contribution < 1.29 is 14.0 Å². The first-order valence-corrected chi connectivity index (χ1v) is 8.00. The molecule has 0 heterocycles. The zero-order chi connectivity index (χ0) is 17.3. The fourth-order valence-electron chi connectivity index (χ4n) is 2.31. The lowest BCUT2D eigenvalue weighted by Crippen LogP contribution is -2.35. The van der Waals surface area contributed by atoms with Crippen LogP contribution in [0.1, 0.15) is 12.8 Å². The summed E-state index contributed by atoms with van der Waals surface area (Å²) in [5.41, 5.74) is -0.351. The fraction of sp³-hybridized carbons (Fsp3) is 0.176. The van der Waals surface area contributed by atoms with Crippen LogP contribution < -0.4 is 10.6 Å². The molecule has 0 saturated heterocycles. The van der Waals surface area contributed by atoms with Crippen LogP contribution in [0.15, 0.2) is 42.5 Å². The first-order chi connectivity index (χ1) is 11.4. The minimum absolute atomic E-state index is 0.224. The third-order valence-electron chi connectivity index (χ3n) is 3.92. The predicted octanol–water partition coefficient (Wildman–Crippen LogP) is 4.49. The fourth-order valence-corrected chi connectivity index (χ4v) is 2.66. The maximum atomic E-state index is 12.9. The molecule has 124 valence electrons. The molecule has 7 heteroatoms. The summed E-state index contributed by atoms with van der Waals surface area (Å²) in [5, 5.41) is 5.83. The van der Waals surface area contributed by atoms with E-state index in [4.69, 9.17) is 23.2 Å². The second-order valence-electron chi connectivity index (χ2n) is 5.60. The molecule has 0 aromatic heterocycles. The van der Waals surface area contributed by atoms with Gasteiger partial charge in [-0.15, -0.1) is 0 Å². The summed E-state index contributed by atoms with van der Waals surface area (Å²) in [4.78, 5) is 25.0. The van der Waals surface area contributed by atoms with Crippen LogP contribution in [0.25, 0.3) is 0 Å².